The number of halogens is 1. The molecular weight excluding hydrogens is 253 g/mol. The van der Waals surface area contributed by atoms with E-state index in [1.807, 2.05) is 0 Å². The minimum atomic E-state index is -1.07. The van der Waals surface area contributed by atoms with Crippen molar-refractivity contribution < 1.29 is 23.8 Å². The zero-order valence-corrected chi connectivity index (χ0v) is 10.9. The molecule has 0 unspecified atom stereocenters. The second-order valence-corrected chi connectivity index (χ2v) is 4.08. The molecule has 0 spiro atoms. The van der Waals surface area contributed by atoms with Crippen LogP contribution in [0.4, 0.5) is 4.39 Å². The van der Waals surface area contributed by atoms with Gasteiger partial charge in [0.1, 0.15) is 6.54 Å². The van der Waals surface area contributed by atoms with Crippen LogP contribution < -0.4 is 4.74 Å². The van der Waals surface area contributed by atoms with Crippen LogP contribution in [0.15, 0.2) is 18.2 Å². The zero-order chi connectivity index (χ0) is 14.4. The van der Waals surface area contributed by atoms with Gasteiger partial charge in [0.2, 0.25) is 5.91 Å². The van der Waals surface area contributed by atoms with Crippen LogP contribution >= 0.6 is 0 Å². The van der Waals surface area contributed by atoms with Gasteiger partial charge in [-0.05, 0) is 18.1 Å². The summed E-state index contributed by atoms with van der Waals surface area (Å²) in [6.45, 7) is -0.348. The van der Waals surface area contributed by atoms with Crippen LogP contribution in [0.25, 0.3) is 0 Å². The first-order valence-electron chi connectivity index (χ1n) is 5.72. The third-order valence-corrected chi connectivity index (χ3v) is 2.66. The fraction of sp³-hybridized carbons (Fsp3) is 0.385. The second-order valence-electron chi connectivity index (χ2n) is 4.08. The van der Waals surface area contributed by atoms with Crippen molar-refractivity contribution in [2.24, 2.45) is 0 Å². The third kappa shape index (κ3) is 4.24. The molecule has 0 aliphatic rings. The van der Waals surface area contributed by atoms with E-state index in [9.17, 15) is 14.0 Å². The molecule has 0 aromatic heterocycles. The summed E-state index contributed by atoms with van der Waals surface area (Å²) in [5.41, 5.74) is 0.583. The van der Waals surface area contributed by atoms with Crippen LogP contribution in [-0.4, -0.2) is 42.6 Å². The molecule has 104 valence electrons. The predicted molar refractivity (Wildman–Crippen MR) is 66.5 cm³/mol. The van der Waals surface area contributed by atoms with Crippen LogP contribution in [0, 0.1) is 5.82 Å². The first-order valence-corrected chi connectivity index (χ1v) is 5.72. The molecule has 0 aliphatic heterocycles. The first kappa shape index (κ1) is 14.9. The lowest BCUT2D eigenvalue weighted by molar-refractivity contribution is -0.143. The molecule has 1 aromatic carbocycles. The van der Waals surface area contributed by atoms with Gasteiger partial charge in [0, 0.05) is 13.5 Å². The Hall–Kier alpha value is -2.11. The number of likely N-dealkylation sites (N-methyl/N-ethyl adjacent to an activating group) is 1. The molecule has 5 nitrogen and oxygen atoms in total. The molecule has 0 heterocycles. The molecule has 1 rings (SSSR count). The summed E-state index contributed by atoms with van der Waals surface area (Å²) in [5, 5.41) is 8.57. The normalized spacial score (nSPS) is 10.1. The van der Waals surface area contributed by atoms with Crippen molar-refractivity contribution in [3.63, 3.8) is 0 Å². The average Bonchev–Trinajstić information content (AvgIpc) is 2.35. The van der Waals surface area contributed by atoms with Crippen molar-refractivity contribution in [2.75, 3.05) is 20.7 Å². The molecule has 1 N–H and O–H groups in total. The number of hydrogen-bond acceptors (Lipinski definition) is 3. The number of nitrogens with zero attached hydrogens (tertiary/aromatic N) is 1. The van der Waals surface area contributed by atoms with E-state index >= 15 is 0 Å². The summed E-state index contributed by atoms with van der Waals surface area (Å²) in [7, 11) is 2.78. The number of aryl methyl sites for hydroxylation is 1. The van der Waals surface area contributed by atoms with Gasteiger partial charge in [-0.3, -0.25) is 9.59 Å². The lowest BCUT2D eigenvalue weighted by atomic mass is 10.1. The lowest BCUT2D eigenvalue weighted by Gasteiger charge is -2.15. The summed E-state index contributed by atoms with van der Waals surface area (Å²) in [6.07, 6.45) is 0.396. The Morgan fingerprint density at radius 1 is 1.42 bits per heavy atom. The Bertz CT molecular complexity index is 476. The Balaban J connectivity index is 2.64. The second kappa shape index (κ2) is 6.72. The van der Waals surface area contributed by atoms with E-state index in [0.29, 0.717) is 12.0 Å². The SMILES string of the molecule is COc1c(F)cccc1CCC(=O)N(C)CC(=O)O. The van der Waals surface area contributed by atoms with Gasteiger partial charge in [0.25, 0.3) is 0 Å². The number of ether oxygens (including phenoxy) is 1. The molecule has 0 fully saturated rings. The number of carboxylic acid groups (broad SMARTS) is 1. The van der Waals surface area contributed by atoms with E-state index in [0.717, 1.165) is 4.90 Å². The largest absolute Gasteiger partial charge is 0.493 e. The Kier molecular flexibility index (Phi) is 5.29. The third-order valence-electron chi connectivity index (χ3n) is 2.66. The molecule has 0 saturated heterocycles. The summed E-state index contributed by atoms with van der Waals surface area (Å²) in [4.78, 5) is 23.3. The van der Waals surface area contributed by atoms with Crippen molar-refractivity contribution in [3.05, 3.63) is 29.6 Å². The number of hydrogen-bond donors (Lipinski definition) is 1. The van der Waals surface area contributed by atoms with E-state index in [1.165, 1.54) is 20.2 Å². The minimum absolute atomic E-state index is 0.101. The van der Waals surface area contributed by atoms with Gasteiger partial charge in [-0.1, -0.05) is 12.1 Å². The zero-order valence-electron chi connectivity index (χ0n) is 10.9. The van der Waals surface area contributed by atoms with Gasteiger partial charge in [-0.25, -0.2) is 4.39 Å². The van der Waals surface area contributed by atoms with Crippen molar-refractivity contribution in [1.82, 2.24) is 4.90 Å². The maximum Gasteiger partial charge on any atom is 0.323 e. The summed E-state index contributed by atoms with van der Waals surface area (Å²) < 4.78 is 18.3. The number of amides is 1. The summed E-state index contributed by atoms with van der Waals surface area (Å²) >= 11 is 0. The van der Waals surface area contributed by atoms with Gasteiger partial charge >= 0.3 is 5.97 Å². The fourth-order valence-electron chi connectivity index (χ4n) is 1.70. The number of aliphatic carboxylic acids is 1. The number of carbonyl (C=O) groups is 2. The van der Waals surface area contributed by atoms with Gasteiger partial charge < -0.3 is 14.7 Å². The number of carbonyl (C=O) groups excluding carboxylic acids is 1. The number of methoxy groups -OCH3 is 1. The van der Waals surface area contributed by atoms with Crippen molar-refractivity contribution in [1.29, 1.82) is 0 Å². The van der Waals surface area contributed by atoms with E-state index in [-0.39, 0.29) is 24.6 Å². The molecule has 6 heteroatoms. The van der Waals surface area contributed by atoms with Gasteiger partial charge in [-0.15, -0.1) is 0 Å². The average molecular weight is 269 g/mol. The van der Waals surface area contributed by atoms with E-state index in [1.54, 1.807) is 12.1 Å². The van der Waals surface area contributed by atoms with Crippen LogP contribution in [0.3, 0.4) is 0 Å². The fourth-order valence-corrected chi connectivity index (χ4v) is 1.70. The molecule has 0 atom stereocenters. The highest BCUT2D eigenvalue weighted by atomic mass is 19.1. The number of benzene rings is 1. The maximum atomic E-state index is 13.4. The van der Waals surface area contributed by atoms with Crippen molar-refractivity contribution in [2.45, 2.75) is 12.8 Å². The number of carboxylic acids is 1. The Morgan fingerprint density at radius 2 is 2.11 bits per heavy atom. The molecule has 1 amide bonds. The highest BCUT2D eigenvalue weighted by Gasteiger charge is 2.14. The van der Waals surface area contributed by atoms with Crippen molar-refractivity contribution in [3.8, 4) is 5.75 Å². The summed E-state index contributed by atoms with van der Waals surface area (Å²) in [6, 6.07) is 4.49. The van der Waals surface area contributed by atoms with Crippen LogP contribution in [0.5, 0.6) is 5.75 Å². The molecule has 19 heavy (non-hydrogen) atoms. The molecule has 0 aliphatic carbocycles. The van der Waals surface area contributed by atoms with Crippen LogP contribution in [0.1, 0.15) is 12.0 Å². The maximum absolute atomic E-state index is 13.4. The van der Waals surface area contributed by atoms with E-state index < -0.39 is 11.8 Å². The summed E-state index contributed by atoms with van der Waals surface area (Å²) in [5.74, 6) is -1.74. The van der Waals surface area contributed by atoms with Gasteiger partial charge in [0.15, 0.2) is 11.6 Å². The van der Waals surface area contributed by atoms with Crippen LogP contribution in [-0.2, 0) is 16.0 Å². The van der Waals surface area contributed by atoms with Gasteiger partial charge in [0.05, 0.1) is 7.11 Å². The molecule has 0 radical (unpaired) electrons. The molecular formula is C13H16FNO4. The monoisotopic (exact) mass is 269 g/mol. The quantitative estimate of drug-likeness (QED) is 0.845. The smallest absolute Gasteiger partial charge is 0.323 e. The highest BCUT2D eigenvalue weighted by molar-refractivity contribution is 5.81. The number of para-hydroxylation sites is 1. The minimum Gasteiger partial charge on any atom is -0.493 e. The lowest BCUT2D eigenvalue weighted by Crippen LogP contribution is -2.32. The standard InChI is InChI=1S/C13H16FNO4/c1-15(8-12(17)18)11(16)7-6-9-4-3-5-10(14)13(9)19-2/h3-5H,6-8H2,1-2H3,(H,17,18). The topological polar surface area (TPSA) is 66.8 Å². The predicted octanol–water partition coefficient (Wildman–Crippen LogP) is 1.31. The number of rotatable bonds is 6. The molecule has 0 bridgehead atoms. The Labute approximate surface area is 110 Å². The van der Waals surface area contributed by atoms with E-state index in [4.69, 9.17) is 9.84 Å². The van der Waals surface area contributed by atoms with Gasteiger partial charge in [-0.2, -0.15) is 0 Å². The first-order chi connectivity index (χ1) is 8.95. The Morgan fingerprint density at radius 3 is 2.68 bits per heavy atom. The highest BCUT2D eigenvalue weighted by Crippen LogP contribution is 2.23. The molecule has 0 saturated carbocycles. The molecule has 1 aromatic rings. The van der Waals surface area contributed by atoms with Crippen LogP contribution in [0.2, 0.25) is 0 Å². The van der Waals surface area contributed by atoms with E-state index in [2.05, 4.69) is 0 Å². The van der Waals surface area contributed by atoms with Crippen molar-refractivity contribution >= 4 is 11.9 Å².